The number of hydrazine groups is 1. The van der Waals surface area contributed by atoms with Gasteiger partial charge in [-0.05, 0) is 0 Å². The Labute approximate surface area is 63.4 Å². The number of rotatable bonds is 1. The van der Waals surface area contributed by atoms with Crippen LogP contribution in [0, 0.1) is 0 Å². The van der Waals surface area contributed by atoms with Gasteiger partial charge < -0.3 is 4.98 Å². The van der Waals surface area contributed by atoms with Crippen LogP contribution in [0.4, 0.5) is 0 Å². The minimum absolute atomic E-state index is 0. The Bertz CT molecular complexity index is 197. The quantitative estimate of drug-likeness (QED) is 0.294. The summed E-state index contributed by atoms with van der Waals surface area (Å²) in [5.41, 5.74) is 2.32. The van der Waals surface area contributed by atoms with Gasteiger partial charge in [-0.1, -0.05) is 0 Å². The highest BCUT2D eigenvalue weighted by Gasteiger charge is 2.01. The number of imidazole rings is 1. The van der Waals surface area contributed by atoms with Crippen LogP contribution in [0.15, 0.2) is 12.5 Å². The van der Waals surface area contributed by atoms with Crippen LogP contribution >= 0.6 is 12.4 Å². The van der Waals surface area contributed by atoms with Crippen LogP contribution in [0.25, 0.3) is 0 Å². The van der Waals surface area contributed by atoms with Crippen LogP contribution in [0.2, 0.25) is 0 Å². The Kier molecular flexibility index (Phi) is 3.45. The van der Waals surface area contributed by atoms with Crippen molar-refractivity contribution in [3.63, 3.8) is 0 Å². The number of halogens is 1. The summed E-state index contributed by atoms with van der Waals surface area (Å²) in [6.45, 7) is 0. The lowest BCUT2D eigenvalue weighted by Crippen LogP contribution is -2.30. The van der Waals surface area contributed by atoms with Gasteiger partial charge in [0.1, 0.15) is 5.69 Å². The Morgan fingerprint density at radius 1 is 1.80 bits per heavy atom. The lowest BCUT2D eigenvalue weighted by atomic mass is 10.5. The average molecular weight is 163 g/mol. The normalized spacial score (nSPS) is 8.10. The number of H-pyrrole nitrogens is 1. The molecule has 4 N–H and O–H groups in total. The maximum Gasteiger partial charge on any atom is 0.283 e. The average Bonchev–Trinajstić information content (AvgIpc) is 2.37. The highest BCUT2D eigenvalue weighted by atomic mass is 35.5. The van der Waals surface area contributed by atoms with E-state index in [-0.39, 0.29) is 18.3 Å². The van der Waals surface area contributed by atoms with Crippen LogP contribution in [0.3, 0.4) is 0 Å². The van der Waals surface area contributed by atoms with E-state index in [1.54, 1.807) is 0 Å². The van der Waals surface area contributed by atoms with Gasteiger partial charge in [0.15, 0.2) is 0 Å². The number of nitrogens with two attached hydrogens (primary N) is 1. The van der Waals surface area contributed by atoms with Crippen molar-refractivity contribution in [2.45, 2.75) is 0 Å². The van der Waals surface area contributed by atoms with Crippen molar-refractivity contribution in [3.05, 3.63) is 18.2 Å². The van der Waals surface area contributed by atoms with Crippen LogP contribution in [0.5, 0.6) is 0 Å². The number of nitrogens with zero attached hydrogens (tertiary/aromatic N) is 1. The summed E-state index contributed by atoms with van der Waals surface area (Å²) < 4.78 is 0. The number of nitrogens with one attached hydrogen (secondary N) is 2. The Hall–Kier alpha value is -1.07. The van der Waals surface area contributed by atoms with E-state index in [9.17, 15) is 4.79 Å². The van der Waals surface area contributed by atoms with Crippen molar-refractivity contribution in [3.8, 4) is 0 Å². The summed E-state index contributed by atoms with van der Waals surface area (Å²) in [5.74, 6) is 4.45. The molecule has 1 amide bonds. The van der Waals surface area contributed by atoms with Gasteiger partial charge in [0, 0.05) is 0 Å². The highest BCUT2D eigenvalue weighted by molar-refractivity contribution is 5.91. The maximum atomic E-state index is 10.6. The lowest BCUT2D eigenvalue weighted by Gasteiger charge is -1.90. The van der Waals surface area contributed by atoms with E-state index in [1.165, 1.54) is 12.5 Å². The maximum absolute atomic E-state index is 10.6. The summed E-state index contributed by atoms with van der Waals surface area (Å²) in [6.07, 6.45) is 2.80. The second kappa shape index (κ2) is 3.86. The van der Waals surface area contributed by atoms with Gasteiger partial charge in [-0.15, -0.1) is 12.4 Å². The number of carbonyl (C=O) groups is 1. The molecule has 0 aliphatic carbocycles. The third-order valence-corrected chi connectivity index (χ3v) is 0.874. The second-order valence-corrected chi connectivity index (χ2v) is 1.44. The van der Waals surface area contributed by atoms with Crippen LogP contribution < -0.4 is 11.3 Å². The molecule has 0 aliphatic heterocycles. The first kappa shape index (κ1) is 8.93. The molecule has 0 radical (unpaired) electrons. The fourth-order valence-electron chi connectivity index (χ4n) is 0.458. The smallest absolute Gasteiger partial charge is 0.283 e. The highest BCUT2D eigenvalue weighted by Crippen LogP contribution is 1.86. The minimum atomic E-state index is -0.368. The predicted molar refractivity (Wildman–Crippen MR) is 37.5 cm³/mol. The molecule has 56 valence electrons. The van der Waals surface area contributed by atoms with Crippen LogP contribution in [-0.4, -0.2) is 15.9 Å². The van der Waals surface area contributed by atoms with Gasteiger partial charge in [0.05, 0.1) is 12.5 Å². The second-order valence-electron chi connectivity index (χ2n) is 1.44. The van der Waals surface area contributed by atoms with E-state index >= 15 is 0 Å². The van der Waals surface area contributed by atoms with E-state index in [0.717, 1.165) is 0 Å². The Morgan fingerprint density at radius 3 is 2.90 bits per heavy atom. The largest absolute Gasteiger partial charge is 0.341 e. The van der Waals surface area contributed by atoms with Crippen molar-refractivity contribution < 1.29 is 4.79 Å². The molecule has 0 saturated carbocycles. The molecule has 0 atom stereocenters. The number of aromatic nitrogens is 2. The van der Waals surface area contributed by atoms with Gasteiger partial charge in [-0.25, -0.2) is 10.8 Å². The minimum Gasteiger partial charge on any atom is -0.341 e. The predicted octanol–water partition coefficient (Wildman–Crippen LogP) is -0.565. The molecular weight excluding hydrogens is 156 g/mol. The molecular formula is C4H7ClN4O. The number of carbonyl (C=O) groups excluding carboxylic acids is 1. The van der Waals surface area contributed by atoms with Crippen molar-refractivity contribution in [1.82, 2.24) is 15.4 Å². The summed E-state index contributed by atoms with van der Waals surface area (Å²) in [6, 6.07) is 0. The molecule has 1 heterocycles. The summed E-state index contributed by atoms with van der Waals surface area (Å²) in [7, 11) is 0. The van der Waals surface area contributed by atoms with Crippen molar-refractivity contribution in [2.75, 3.05) is 0 Å². The van der Waals surface area contributed by atoms with Crippen molar-refractivity contribution >= 4 is 18.3 Å². The van der Waals surface area contributed by atoms with Crippen LogP contribution in [0.1, 0.15) is 10.5 Å². The van der Waals surface area contributed by atoms with Crippen molar-refractivity contribution in [1.29, 1.82) is 0 Å². The summed E-state index contributed by atoms with van der Waals surface area (Å²) in [5, 5.41) is 0. The van der Waals surface area contributed by atoms with E-state index in [2.05, 4.69) is 9.97 Å². The molecule has 1 aromatic heterocycles. The molecule has 0 aromatic carbocycles. The molecule has 1 aromatic rings. The van der Waals surface area contributed by atoms with Gasteiger partial charge >= 0.3 is 0 Å². The van der Waals surface area contributed by atoms with Crippen LogP contribution in [-0.2, 0) is 0 Å². The molecule has 10 heavy (non-hydrogen) atoms. The van der Waals surface area contributed by atoms with E-state index in [4.69, 9.17) is 5.84 Å². The standard InChI is InChI=1S/C4H6N4O.ClH/c5-8-4(9)3-1-6-2-7-3;/h1-2H,5H2,(H,6,7)(H,8,9);1H. The number of nitrogen functional groups attached to an aromatic ring is 1. The first-order valence-corrected chi connectivity index (χ1v) is 2.34. The molecule has 0 fully saturated rings. The molecule has 0 bridgehead atoms. The topological polar surface area (TPSA) is 83.8 Å². The molecule has 5 nitrogen and oxygen atoms in total. The molecule has 0 unspecified atom stereocenters. The monoisotopic (exact) mass is 162 g/mol. The number of hydrogen-bond acceptors (Lipinski definition) is 3. The lowest BCUT2D eigenvalue weighted by molar-refractivity contribution is 0.0949. The van der Waals surface area contributed by atoms with Gasteiger partial charge in [0.25, 0.3) is 5.91 Å². The van der Waals surface area contributed by atoms with Gasteiger partial charge in [-0.3, -0.25) is 10.2 Å². The fraction of sp³-hybridized carbons (Fsp3) is 0. The molecule has 0 aliphatic rings. The first-order valence-electron chi connectivity index (χ1n) is 2.34. The van der Waals surface area contributed by atoms with Gasteiger partial charge in [-0.2, -0.15) is 0 Å². The third-order valence-electron chi connectivity index (χ3n) is 0.874. The number of hydrogen-bond donors (Lipinski definition) is 3. The zero-order valence-electron chi connectivity index (χ0n) is 5.00. The zero-order chi connectivity index (χ0) is 6.69. The number of aromatic amines is 1. The Morgan fingerprint density at radius 2 is 2.50 bits per heavy atom. The number of amides is 1. The summed E-state index contributed by atoms with van der Waals surface area (Å²) in [4.78, 5) is 16.8. The first-order chi connectivity index (χ1) is 4.34. The van der Waals surface area contributed by atoms with E-state index in [1.807, 2.05) is 5.43 Å². The molecule has 0 saturated heterocycles. The molecule has 1 rings (SSSR count). The van der Waals surface area contributed by atoms with Crippen molar-refractivity contribution in [2.24, 2.45) is 5.84 Å². The fourth-order valence-corrected chi connectivity index (χ4v) is 0.458. The zero-order valence-corrected chi connectivity index (χ0v) is 5.81. The SMILES string of the molecule is Cl.NNC(=O)c1cnc[nH]1. The molecule has 0 spiro atoms. The van der Waals surface area contributed by atoms with E-state index in [0.29, 0.717) is 5.69 Å². The Balaban J connectivity index is 0.000000810. The molecule has 6 heteroatoms. The third kappa shape index (κ3) is 1.71. The summed E-state index contributed by atoms with van der Waals surface area (Å²) >= 11 is 0. The van der Waals surface area contributed by atoms with Gasteiger partial charge in [0.2, 0.25) is 0 Å². The van der Waals surface area contributed by atoms with E-state index < -0.39 is 0 Å².